The van der Waals surface area contributed by atoms with E-state index in [1.807, 2.05) is 41.0 Å². The van der Waals surface area contributed by atoms with Crippen LogP contribution in [-0.4, -0.2) is 47.1 Å². The summed E-state index contributed by atoms with van der Waals surface area (Å²) in [7, 11) is 0. The molecule has 2 aromatic carbocycles. The number of hydrogen-bond donors (Lipinski definition) is 4. The van der Waals surface area contributed by atoms with Crippen LogP contribution in [0.4, 0.5) is 11.4 Å². The number of tetrazole rings is 1. The predicted molar refractivity (Wildman–Crippen MR) is 115 cm³/mol. The molecule has 0 spiro atoms. The zero-order chi connectivity index (χ0) is 19.8. The zero-order valence-corrected chi connectivity index (χ0v) is 16.7. The minimum Gasteiger partial charge on any atom is -0.380 e. The Kier molecular flexibility index (Phi) is 4.45. The fraction of sp³-hybridized carbons (Fsp3) is 0.167. The maximum absolute atomic E-state index is 5.25. The van der Waals surface area contributed by atoms with E-state index in [4.69, 9.17) is 24.4 Å². The molecule has 0 aliphatic heterocycles. The first-order valence-electron chi connectivity index (χ1n) is 9.03. The summed E-state index contributed by atoms with van der Waals surface area (Å²) >= 11 is 10.4. The molecule has 2 atom stereocenters. The highest BCUT2D eigenvalue weighted by molar-refractivity contribution is 7.71. The molecule has 4 aromatic rings. The highest BCUT2D eigenvalue weighted by atomic mass is 32.1. The van der Waals surface area contributed by atoms with Gasteiger partial charge in [0.05, 0.1) is 11.4 Å². The van der Waals surface area contributed by atoms with Crippen molar-refractivity contribution in [3.05, 3.63) is 64.4 Å². The van der Waals surface area contributed by atoms with Crippen LogP contribution in [0.25, 0.3) is 11.4 Å². The third-order valence-corrected chi connectivity index (χ3v) is 5.30. The average molecular weight is 424 g/mol. The summed E-state index contributed by atoms with van der Waals surface area (Å²) in [6.07, 6.45) is 2.71. The van der Waals surface area contributed by atoms with Gasteiger partial charge in [-0.15, -0.1) is 0 Å². The van der Waals surface area contributed by atoms with E-state index in [0.29, 0.717) is 21.6 Å². The summed E-state index contributed by atoms with van der Waals surface area (Å²) in [4.78, 5) is 0. The summed E-state index contributed by atoms with van der Waals surface area (Å²) in [6.45, 7) is 0. The van der Waals surface area contributed by atoms with E-state index in [0.717, 1.165) is 29.2 Å². The standard InChI is InChI=1S/C18H17N9S2/c28-17-22-19-10-26(17)13-5-1-3-11(7-13)20-15-9-16(15)21-12-4-2-6-14(8-12)27-18(29)23-24-25-27/h1-8,10,15-16,20-21H,9H2,(H,22,28)(H,23,25,29). The van der Waals surface area contributed by atoms with Crippen molar-refractivity contribution in [3.8, 4) is 11.4 Å². The molecule has 9 nitrogen and oxygen atoms in total. The summed E-state index contributed by atoms with van der Waals surface area (Å²) in [5.41, 5.74) is 3.92. The van der Waals surface area contributed by atoms with Gasteiger partial charge in [-0.1, -0.05) is 22.4 Å². The van der Waals surface area contributed by atoms with E-state index < -0.39 is 0 Å². The minimum absolute atomic E-state index is 0.345. The Hall–Kier alpha value is -3.31. The molecule has 146 valence electrons. The van der Waals surface area contributed by atoms with E-state index in [-0.39, 0.29) is 0 Å². The van der Waals surface area contributed by atoms with Gasteiger partial charge in [-0.05, 0) is 67.3 Å². The predicted octanol–water partition coefficient (Wildman–Crippen LogP) is 3.23. The minimum atomic E-state index is 0.345. The molecule has 2 aromatic heterocycles. The molecule has 1 aliphatic rings. The van der Waals surface area contributed by atoms with Gasteiger partial charge in [0.25, 0.3) is 0 Å². The normalized spacial score (nSPS) is 17.8. The van der Waals surface area contributed by atoms with Gasteiger partial charge < -0.3 is 10.6 Å². The van der Waals surface area contributed by atoms with E-state index in [2.05, 4.69) is 48.5 Å². The molecule has 2 unspecified atom stereocenters. The van der Waals surface area contributed by atoms with E-state index in [9.17, 15) is 0 Å². The Morgan fingerprint density at radius 1 is 0.966 bits per heavy atom. The topological polar surface area (TPSA) is 104 Å². The molecule has 0 bridgehead atoms. The molecule has 0 radical (unpaired) electrons. The number of aromatic nitrogens is 7. The van der Waals surface area contributed by atoms with Crippen LogP contribution in [-0.2, 0) is 0 Å². The number of nitrogens with zero attached hydrogens (tertiary/aromatic N) is 5. The molecular formula is C18H17N9S2. The second kappa shape index (κ2) is 7.26. The Morgan fingerprint density at radius 2 is 1.66 bits per heavy atom. The van der Waals surface area contributed by atoms with Crippen LogP contribution in [0.1, 0.15) is 6.42 Å². The SMILES string of the molecule is S=c1[nH]ncn1-c1cccc(NC2CC2Nc2cccc(-n3[nH]nnc3=S)c2)c1. The molecule has 1 fully saturated rings. The number of H-pyrrole nitrogens is 2. The van der Waals surface area contributed by atoms with Crippen LogP contribution < -0.4 is 10.6 Å². The lowest BCUT2D eigenvalue weighted by Crippen LogP contribution is -2.14. The maximum atomic E-state index is 5.25. The third kappa shape index (κ3) is 3.69. The van der Waals surface area contributed by atoms with Crippen molar-refractivity contribution < 1.29 is 0 Å². The lowest BCUT2D eigenvalue weighted by atomic mass is 10.2. The van der Waals surface area contributed by atoms with E-state index in [1.54, 1.807) is 11.0 Å². The molecule has 1 saturated carbocycles. The van der Waals surface area contributed by atoms with E-state index in [1.165, 1.54) is 0 Å². The van der Waals surface area contributed by atoms with Crippen molar-refractivity contribution >= 4 is 35.8 Å². The van der Waals surface area contributed by atoms with Crippen LogP contribution in [0.2, 0.25) is 0 Å². The molecule has 4 N–H and O–H groups in total. The van der Waals surface area contributed by atoms with Crippen molar-refractivity contribution in [2.75, 3.05) is 10.6 Å². The maximum Gasteiger partial charge on any atom is 0.242 e. The monoisotopic (exact) mass is 423 g/mol. The van der Waals surface area contributed by atoms with Crippen LogP contribution in [0.5, 0.6) is 0 Å². The molecule has 2 heterocycles. The second-order valence-electron chi connectivity index (χ2n) is 6.79. The van der Waals surface area contributed by atoms with Crippen molar-refractivity contribution in [3.63, 3.8) is 0 Å². The first kappa shape index (κ1) is 17.8. The lowest BCUT2D eigenvalue weighted by molar-refractivity contribution is 0.786. The van der Waals surface area contributed by atoms with Crippen molar-refractivity contribution in [1.29, 1.82) is 0 Å². The van der Waals surface area contributed by atoms with Crippen LogP contribution in [0.3, 0.4) is 0 Å². The number of nitrogens with one attached hydrogen (secondary N) is 4. The second-order valence-corrected chi connectivity index (χ2v) is 7.54. The van der Waals surface area contributed by atoms with Crippen molar-refractivity contribution in [1.82, 2.24) is 35.0 Å². The van der Waals surface area contributed by atoms with Gasteiger partial charge in [-0.3, -0.25) is 9.67 Å². The first-order valence-corrected chi connectivity index (χ1v) is 9.85. The fourth-order valence-electron chi connectivity index (χ4n) is 3.22. The summed E-state index contributed by atoms with van der Waals surface area (Å²) < 4.78 is 4.46. The smallest absolute Gasteiger partial charge is 0.242 e. The number of rotatable bonds is 6. The number of aromatic amines is 2. The highest BCUT2D eigenvalue weighted by Crippen LogP contribution is 2.30. The molecule has 5 rings (SSSR count). The molecule has 29 heavy (non-hydrogen) atoms. The lowest BCUT2D eigenvalue weighted by Gasteiger charge is -2.11. The molecule has 0 saturated heterocycles. The van der Waals surface area contributed by atoms with Crippen LogP contribution in [0, 0.1) is 9.54 Å². The Balaban J connectivity index is 1.26. The zero-order valence-electron chi connectivity index (χ0n) is 15.1. The Bertz CT molecular complexity index is 1170. The summed E-state index contributed by atoms with van der Waals surface area (Å²) in [5, 5.41) is 24.2. The van der Waals surface area contributed by atoms with Crippen LogP contribution in [0.15, 0.2) is 54.9 Å². The average Bonchev–Trinajstić information content (AvgIpc) is 3.09. The van der Waals surface area contributed by atoms with Crippen molar-refractivity contribution in [2.24, 2.45) is 0 Å². The first-order chi connectivity index (χ1) is 14.2. The van der Waals surface area contributed by atoms with Gasteiger partial charge in [0.15, 0.2) is 4.77 Å². The van der Waals surface area contributed by atoms with Gasteiger partial charge >= 0.3 is 0 Å². The Morgan fingerprint density at radius 3 is 2.28 bits per heavy atom. The highest BCUT2D eigenvalue weighted by Gasteiger charge is 2.37. The van der Waals surface area contributed by atoms with Crippen LogP contribution >= 0.6 is 24.4 Å². The van der Waals surface area contributed by atoms with Crippen molar-refractivity contribution in [2.45, 2.75) is 18.5 Å². The summed E-state index contributed by atoms with van der Waals surface area (Å²) in [6, 6.07) is 16.8. The van der Waals surface area contributed by atoms with Gasteiger partial charge in [0.2, 0.25) is 4.77 Å². The fourth-order valence-corrected chi connectivity index (χ4v) is 3.61. The largest absolute Gasteiger partial charge is 0.380 e. The van der Waals surface area contributed by atoms with Gasteiger partial charge in [-0.25, -0.2) is 4.68 Å². The molecule has 1 aliphatic carbocycles. The van der Waals surface area contributed by atoms with Gasteiger partial charge in [-0.2, -0.15) is 10.3 Å². The molecule has 11 heteroatoms. The van der Waals surface area contributed by atoms with Gasteiger partial charge in [0.1, 0.15) is 6.33 Å². The number of benzene rings is 2. The quantitative estimate of drug-likeness (QED) is 0.353. The third-order valence-electron chi connectivity index (χ3n) is 4.75. The molecule has 0 amide bonds. The summed E-state index contributed by atoms with van der Waals surface area (Å²) in [5.74, 6) is 0. The van der Waals surface area contributed by atoms with E-state index >= 15 is 0 Å². The van der Waals surface area contributed by atoms with Gasteiger partial charge in [0, 0.05) is 23.5 Å². The number of hydrogen-bond acceptors (Lipinski definition) is 7. The molecular weight excluding hydrogens is 406 g/mol. The number of anilines is 2. The Labute approximate surface area is 175 Å².